The van der Waals surface area contributed by atoms with E-state index in [1.807, 2.05) is 22.9 Å². The Morgan fingerprint density at radius 1 is 1.25 bits per heavy atom. The van der Waals surface area contributed by atoms with E-state index in [9.17, 15) is 0 Å². The van der Waals surface area contributed by atoms with Gasteiger partial charge >= 0.3 is 0 Å². The summed E-state index contributed by atoms with van der Waals surface area (Å²) < 4.78 is 1.82. The highest BCUT2D eigenvalue weighted by atomic mass is 15.5. The number of hydrogen-bond donors (Lipinski definition) is 0. The molecule has 5 heteroatoms. The maximum Gasteiger partial charge on any atom is 0.200 e. The summed E-state index contributed by atoms with van der Waals surface area (Å²) in [6.07, 6.45) is 5.24. The number of unbranched alkanes of at least 4 members (excludes halogenated alkanes) is 2. The molecule has 2 rings (SSSR count). The Hall–Kier alpha value is -1.78. The summed E-state index contributed by atoms with van der Waals surface area (Å²) in [7, 11) is 0. The highest BCUT2D eigenvalue weighted by molar-refractivity contribution is 5.47. The molecule has 0 bridgehead atoms. The maximum atomic E-state index is 4.25. The molecule has 0 unspecified atom stereocenters. The number of tetrazole rings is 1. The van der Waals surface area contributed by atoms with E-state index in [4.69, 9.17) is 0 Å². The zero-order valence-corrected chi connectivity index (χ0v) is 9.37. The average molecular weight is 217 g/mol. The molecule has 2 aromatic heterocycles. The summed E-state index contributed by atoms with van der Waals surface area (Å²) in [5.41, 5.74) is 0.823. The Kier molecular flexibility index (Phi) is 3.58. The quantitative estimate of drug-likeness (QED) is 0.718. The number of nitrogens with zero attached hydrogens (tertiary/aromatic N) is 5. The van der Waals surface area contributed by atoms with Crippen LogP contribution in [0.2, 0.25) is 0 Å². The molecule has 0 atom stereocenters. The van der Waals surface area contributed by atoms with Gasteiger partial charge in [0.15, 0.2) is 0 Å². The molecule has 0 aromatic carbocycles. The van der Waals surface area contributed by atoms with Gasteiger partial charge in [0.25, 0.3) is 0 Å². The normalized spacial score (nSPS) is 10.6. The molecule has 16 heavy (non-hydrogen) atoms. The molecule has 0 aliphatic carbocycles. The zero-order chi connectivity index (χ0) is 11.2. The van der Waals surface area contributed by atoms with E-state index >= 15 is 0 Å². The Labute approximate surface area is 94.5 Å². The van der Waals surface area contributed by atoms with Crippen LogP contribution in [0.15, 0.2) is 24.4 Å². The molecule has 0 radical (unpaired) electrons. The highest BCUT2D eigenvalue weighted by Gasteiger charge is 2.08. The molecule has 5 nitrogen and oxygen atoms in total. The monoisotopic (exact) mass is 217 g/mol. The van der Waals surface area contributed by atoms with Crippen molar-refractivity contribution in [2.45, 2.75) is 32.7 Å². The van der Waals surface area contributed by atoms with E-state index in [-0.39, 0.29) is 0 Å². The molecule has 0 saturated heterocycles. The fraction of sp³-hybridized carbons (Fsp3) is 0.455. The summed E-state index contributed by atoms with van der Waals surface area (Å²) in [5, 5.41) is 11.7. The second-order valence-corrected chi connectivity index (χ2v) is 3.65. The van der Waals surface area contributed by atoms with Crippen molar-refractivity contribution in [1.29, 1.82) is 0 Å². The van der Waals surface area contributed by atoms with Crippen molar-refractivity contribution in [3.05, 3.63) is 24.4 Å². The van der Waals surface area contributed by atoms with Crippen LogP contribution in [0.3, 0.4) is 0 Å². The number of aryl methyl sites for hydroxylation is 1. The molecule has 2 aromatic rings. The van der Waals surface area contributed by atoms with Crippen molar-refractivity contribution >= 4 is 0 Å². The highest BCUT2D eigenvalue weighted by Crippen LogP contribution is 2.12. The first-order valence-electron chi connectivity index (χ1n) is 5.59. The lowest BCUT2D eigenvalue weighted by Crippen LogP contribution is -2.03. The van der Waals surface area contributed by atoms with Crippen LogP contribution in [0, 0.1) is 0 Å². The molecular formula is C11H15N5. The summed E-state index contributed by atoms with van der Waals surface area (Å²) in [4.78, 5) is 4.25. The molecular weight excluding hydrogens is 202 g/mol. The van der Waals surface area contributed by atoms with Gasteiger partial charge in [-0.3, -0.25) is 4.98 Å². The van der Waals surface area contributed by atoms with Crippen LogP contribution in [-0.2, 0) is 6.54 Å². The first kappa shape index (κ1) is 10.7. The Morgan fingerprint density at radius 3 is 2.94 bits per heavy atom. The number of aromatic nitrogens is 5. The van der Waals surface area contributed by atoms with E-state index in [0.717, 1.165) is 24.5 Å². The van der Waals surface area contributed by atoms with Gasteiger partial charge in [-0.25, -0.2) is 4.68 Å². The van der Waals surface area contributed by atoms with Gasteiger partial charge in [-0.2, -0.15) is 0 Å². The predicted octanol–water partition coefficient (Wildman–Crippen LogP) is 1.93. The molecule has 0 N–H and O–H groups in total. The average Bonchev–Trinajstić information content (AvgIpc) is 2.79. The molecule has 0 spiro atoms. The van der Waals surface area contributed by atoms with Crippen LogP contribution >= 0.6 is 0 Å². The Bertz CT molecular complexity index is 423. The molecule has 0 aliphatic rings. The maximum absolute atomic E-state index is 4.25. The summed E-state index contributed by atoms with van der Waals surface area (Å²) in [6, 6.07) is 5.74. The zero-order valence-electron chi connectivity index (χ0n) is 9.37. The van der Waals surface area contributed by atoms with E-state index in [1.54, 1.807) is 6.20 Å². The van der Waals surface area contributed by atoms with Gasteiger partial charge in [-0.15, -0.1) is 5.10 Å². The molecule has 0 fully saturated rings. The van der Waals surface area contributed by atoms with Crippen molar-refractivity contribution in [2.75, 3.05) is 0 Å². The second-order valence-electron chi connectivity index (χ2n) is 3.65. The summed E-state index contributed by atoms with van der Waals surface area (Å²) in [5.74, 6) is 0.747. The third-order valence-corrected chi connectivity index (χ3v) is 2.40. The second kappa shape index (κ2) is 5.34. The van der Waals surface area contributed by atoms with Crippen LogP contribution < -0.4 is 0 Å². The van der Waals surface area contributed by atoms with Crippen molar-refractivity contribution < 1.29 is 0 Å². The lowest BCUT2D eigenvalue weighted by molar-refractivity contribution is 0.541. The third-order valence-electron chi connectivity index (χ3n) is 2.40. The molecule has 0 amide bonds. The van der Waals surface area contributed by atoms with Gasteiger partial charge in [0.05, 0.1) is 0 Å². The fourth-order valence-corrected chi connectivity index (χ4v) is 1.55. The minimum Gasteiger partial charge on any atom is -0.253 e. The fourth-order valence-electron chi connectivity index (χ4n) is 1.55. The number of rotatable bonds is 5. The number of hydrogen-bond acceptors (Lipinski definition) is 4. The Balaban J connectivity index is 2.13. The minimum absolute atomic E-state index is 0.747. The van der Waals surface area contributed by atoms with E-state index < -0.39 is 0 Å². The van der Waals surface area contributed by atoms with E-state index in [0.29, 0.717) is 0 Å². The van der Waals surface area contributed by atoms with Gasteiger partial charge in [0.2, 0.25) is 5.82 Å². The van der Waals surface area contributed by atoms with E-state index in [1.165, 1.54) is 12.8 Å². The largest absolute Gasteiger partial charge is 0.253 e. The van der Waals surface area contributed by atoms with Gasteiger partial charge < -0.3 is 0 Å². The standard InChI is InChI=1S/C11H15N5/c1-2-3-6-9-16-11(13-14-15-16)10-7-4-5-8-12-10/h4-5,7-8H,2-3,6,9H2,1H3. The summed E-state index contributed by atoms with van der Waals surface area (Å²) >= 11 is 0. The minimum atomic E-state index is 0.747. The molecule has 0 aliphatic heterocycles. The topological polar surface area (TPSA) is 56.5 Å². The van der Waals surface area contributed by atoms with Crippen LogP contribution in [0.1, 0.15) is 26.2 Å². The third kappa shape index (κ3) is 2.42. The van der Waals surface area contributed by atoms with Crippen molar-refractivity contribution in [3.63, 3.8) is 0 Å². The van der Waals surface area contributed by atoms with Gasteiger partial charge in [-0.1, -0.05) is 25.8 Å². The Morgan fingerprint density at radius 2 is 2.19 bits per heavy atom. The van der Waals surface area contributed by atoms with Gasteiger partial charge in [0, 0.05) is 12.7 Å². The SMILES string of the molecule is CCCCCn1nnnc1-c1ccccn1. The van der Waals surface area contributed by atoms with Gasteiger partial charge in [-0.05, 0) is 29.0 Å². The van der Waals surface area contributed by atoms with Crippen LogP contribution in [0.5, 0.6) is 0 Å². The molecule has 0 saturated carbocycles. The molecule has 2 heterocycles. The van der Waals surface area contributed by atoms with Crippen molar-refractivity contribution in [2.24, 2.45) is 0 Å². The van der Waals surface area contributed by atoms with Crippen molar-refractivity contribution in [3.8, 4) is 11.5 Å². The van der Waals surface area contributed by atoms with Crippen molar-refractivity contribution in [1.82, 2.24) is 25.2 Å². The lowest BCUT2D eigenvalue weighted by Gasteiger charge is -2.02. The lowest BCUT2D eigenvalue weighted by atomic mass is 10.2. The van der Waals surface area contributed by atoms with E-state index in [2.05, 4.69) is 27.4 Å². The van der Waals surface area contributed by atoms with Crippen LogP contribution in [-0.4, -0.2) is 25.2 Å². The first-order chi connectivity index (χ1) is 7.92. The summed E-state index contributed by atoms with van der Waals surface area (Å²) in [6.45, 7) is 3.03. The van der Waals surface area contributed by atoms with Crippen LogP contribution in [0.25, 0.3) is 11.5 Å². The van der Waals surface area contributed by atoms with Gasteiger partial charge in [0.1, 0.15) is 5.69 Å². The number of pyridine rings is 1. The molecule has 84 valence electrons. The predicted molar refractivity (Wildman–Crippen MR) is 60.6 cm³/mol. The smallest absolute Gasteiger partial charge is 0.200 e. The first-order valence-corrected chi connectivity index (χ1v) is 5.59. The van der Waals surface area contributed by atoms with Crippen LogP contribution in [0.4, 0.5) is 0 Å².